The van der Waals surface area contributed by atoms with E-state index >= 15 is 0 Å². The maximum Gasteiger partial charge on any atom is 0.325 e. The number of nitrogens with zero attached hydrogens (tertiary/aromatic N) is 1. The molecular weight excluding hydrogens is 354 g/mol. The van der Waals surface area contributed by atoms with Crippen LogP contribution in [0.5, 0.6) is 0 Å². The fourth-order valence-corrected chi connectivity index (χ4v) is 4.10. The van der Waals surface area contributed by atoms with E-state index in [1.54, 1.807) is 19.1 Å². The van der Waals surface area contributed by atoms with Crippen molar-refractivity contribution in [3.63, 3.8) is 0 Å². The quantitative estimate of drug-likeness (QED) is 0.804. The van der Waals surface area contributed by atoms with Crippen LogP contribution in [0, 0.1) is 0 Å². The highest BCUT2D eigenvalue weighted by Gasteiger charge is 2.49. The molecule has 0 aromatic heterocycles. The van der Waals surface area contributed by atoms with Gasteiger partial charge >= 0.3 is 6.03 Å². The summed E-state index contributed by atoms with van der Waals surface area (Å²) in [4.78, 5) is 39.0. The van der Waals surface area contributed by atoms with Crippen molar-refractivity contribution < 1.29 is 14.4 Å². The SMILES string of the molecule is C[C@]1(c2ccccc2)NC(=O)N(CC(=O)N[C@@H]2CCCc3ccccc32)C1=O. The van der Waals surface area contributed by atoms with Crippen LogP contribution in [-0.2, 0) is 21.5 Å². The van der Waals surface area contributed by atoms with Gasteiger partial charge in [-0.1, -0.05) is 54.6 Å². The smallest absolute Gasteiger partial charge is 0.325 e. The number of amides is 4. The average Bonchev–Trinajstić information content (AvgIpc) is 2.93. The zero-order valence-electron chi connectivity index (χ0n) is 15.8. The van der Waals surface area contributed by atoms with Gasteiger partial charge in [-0.05, 0) is 42.9 Å². The second kappa shape index (κ2) is 7.11. The maximum atomic E-state index is 12.9. The number of nitrogens with one attached hydrogen (secondary N) is 2. The van der Waals surface area contributed by atoms with Gasteiger partial charge in [-0.25, -0.2) is 4.79 Å². The van der Waals surface area contributed by atoms with Crippen molar-refractivity contribution in [1.29, 1.82) is 0 Å². The van der Waals surface area contributed by atoms with Gasteiger partial charge in [-0.3, -0.25) is 14.5 Å². The van der Waals surface area contributed by atoms with Crippen LogP contribution < -0.4 is 10.6 Å². The Kier molecular flexibility index (Phi) is 4.63. The monoisotopic (exact) mass is 377 g/mol. The number of imide groups is 1. The molecule has 2 aromatic carbocycles. The van der Waals surface area contributed by atoms with Crippen LogP contribution in [0.15, 0.2) is 54.6 Å². The third-order valence-corrected chi connectivity index (χ3v) is 5.63. The van der Waals surface area contributed by atoms with Crippen molar-refractivity contribution in [3.05, 3.63) is 71.3 Å². The molecule has 1 aliphatic carbocycles. The molecule has 1 fully saturated rings. The molecule has 144 valence electrons. The minimum absolute atomic E-state index is 0.0845. The molecule has 28 heavy (non-hydrogen) atoms. The summed E-state index contributed by atoms with van der Waals surface area (Å²) in [6, 6.07) is 16.5. The fourth-order valence-electron chi connectivity index (χ4n) is 4.10. The van der Waals surface area contributed by atoms with Crippen LogP contribution in [0.2, 0.25) is 0 Å². The van der Waals surface area contributed by atoms with Crippen LogP contribution in [0.4, 0.5) is 4.79 Å². The molecule has 4 amide bonds. The summed E-state index contributed by atoms with van der Waals surface area (Å²) in [5.74, 6) is -0.745. The summed E-state index contributed by atoms with van der Waals surface area (Å²) in [6.07, 6.45) is 2.85. The van der Waals surface area contributed by atoms with E-state index in [0.717, 1.165) is 29.7 Å². The molecule has 2 aliphatic rings. The normalized spacial score (nSPS) is 23.9. The zero-order valence-corrected chi connectivity index (χ0v) is 15.8. The highest BCUT2D eigenvalue weighted by atomic mass is 16.2. The fraction of sp³-hybridized carbons (Fsp3) is 0.318. The molecular formula is C22H23N3O3. The molecule has 2 N–H and O–H groups in total. The van der Waals surface area contributed by atoms with Gasteiger partial charge in [-0.2, -0.15) is 0 Å². The number of rotatable bonds is 4. The first kappa shape index (κ1) is 18.2. The van der Waals surface area contributed by atoms with Crippen LogP contribution in [0.3, 0.4) is 0 Å². The van der Waals surface area contributed by atoms with Gasteiger partial charge in [0.05, 0.1) is 6.04 Å². The van der Waals surface area contributed by atoms with Gasteiger partial charge < -0.3 is 10.6 Å². The van der Waals surface area contributed by atoms with Crippen molar-refractivity contribution in [1.82, 2.24) is 15.5 Å². The van der Waals surface area contributed by atoms with Crippen molar-refractivity contribution in [3.8, 4) is 0 Å². The highest BCUT2D eigenvalue weighted by molar-refractivity contribution is 6.09. The number of aryl methyl sites for hydroxylation is 1. The molecule has 6 nitrogen and oxygen atoms in total. The van der Waals surface area contributed by atoms with Crippen molar-refractivity contribution >= 4 is 17.8 Å². The summed E-state index contributed by atoms with van der Waals surface area (Å²) in [5.41, 5.74) is 1.90. The Labute approximate surface area is 163 Å². The summed E-state index contributed by atoms with van der Waals surface area (Å²) in [5, 5.41) is 5.73. The summed E-state index contributed by atoms with van der Waals surface area (Å²) in [7, 11) is 0. The molecule has 1 aliphatic heterocycles. The number of hydrogen-bond donors (Lipinski definition) is 2. The first-order chi connectivity index (χ1) is 13.5. The number of carbonyl (C=O) groups is 3. The topological polar surface area (TPSA) is 78.5 Å². The van der Waals surface area contributed by atoms with E-state index in [0.29, 0.717) is 5.56 Å². The lowest BCUT2D eigenvalue weighted by atomic mass is 9.88. The lowest BCUT2D eigenvalue weighted by Crippen LogP contribution is -2.44. The second-order valence-electron chi connectivity index (χ2n) is 7.52. The molecule has 0 radical (unpaired) electrons. The molecule has 6 heteroatoms. The van der Waals surface area contributed by atoms with Gasteiger partial charge in [-0.15, -0.1) is 0 Å². The first-order valence-corrected chi connectivity index (χ1v) is 9.56. The zero-order chi connectivity index (χ0) is 19.7. The average molecular weight is 377 g/mol. The van der Waals surface area contributed by atoms with Crippen molar-refractivity contribution in [2.24, 2.45) is 0 Å². The minimum Gasteiger partial charge on any atom is -0.348 e. The van der Waals surface area contributed by atoms with Gasteiger partial charge in [0.1, 0.15) is 12.1 Å². The third-order valence-electron chi connectivity index (χ3n) is 5.63. The summed E-state index contributed by atoms with van der Waals surface area (Å²) < 4.78 is 0. The Balaban J connectivity index is 1.47. The van der Waals surface area contributed by atoms with E-state index in [4.69, 9.17) is 0 Å². The molecule has 4 rings (SSSR count). The van der Waals surface area contributed by atoms with Crippen LogP contribution in [0.1, 0.15) is 42.5 Å². The maximum absolute atomic E-state index is 12.9. The molecule has 0 saturated carbocycles. The van der Waals surface area contributed by atoms with Gasteiger partial charge in [0.2, 0.25) is 5.91 Å². The van der Waals surface area contributed by atoms with E-state index in [2.05, 4.69) is 16.7 Å². The second-order valence-corrected chi connectivity index (χ2v) is 7.52. The molecule has 0 bridgehead atoms. The molecule has 0 spiro atoms. The Hall–Kier alpha value is -3.15. The number of urea groups is 1. The minimum atomic E-state index is -1.16. The molecule has 2 aromatic rings. The molecule has 2 atom stereocenters. The van der Waals surface area contributed by atoms with E-state index < -0.39 is 17.5 Å². The predicted molar refractivity (Wildman–Crippen MR) is 104 cm³/mol. The highest BCUT2D eigenvalue weighted by Crippen LogP contribution is 2.30. The Bertz CT molecular complexity index is 928. The third kappa shape index (κ3) is 3.15. The molecule has 1 saturated heterocycles. The molecule has 0 unspecified atom stereocenters. The number of hydrogen-bond acceptors (Lipinski definition) is 3. The lowest BCUT2D eigenvalue weighted by molar-refractivity contribution is -0.135. The van der Waals surface area contributed by atoms with Gasteiger partial charge in [0.25, 0.3) is 5.91 Å². The van der Waals surface area contributed by atoms with Crippen molar-refractivity contribution in [2.75, 3.05) is 6.54 Å². The number of fused-ring (bicyclic) bond motifs is 1. The predicted octanol–water partition coefficient (Wildman–Crippen LogP) is 2.65. The van der Waals surface area contributed by atoms with E-state index in [1.807, 2.05) is 36.4 Å². The largest absolute Gasteiger partial charge is 0.348 e. The van der Waals surface area contributed by atoms with E-state index in [9.17, 15) is 14.4 Å². The van der Waals surface area contributed by atoms with E-state index in [1.165, 1.54) is 5.56 Å². The van der Waals surface area contributed by atoms with Gasteiger partial charge in [0.15, 0.2) is 0 Å². The standard InChI is InChI=1S/C22H23N3O3/c1-22(16-10-3-2-4-11-16)20(27)25(21(28)24-22)14-19(26)23-18-13-7-9-15-8-5-6-12-17(15)18/h2-6,8,10-12,18H,7,9,13-14H2,1H3,(H,23,26)(H,24,28)/t18-,22-/m1/s1. The van der Waals surface area contributed by atoms with Gasteiger partial charge in [0, 0.05) is 0 Å². The lowest BCUT2D eigenvalue weighted by Gasteiger charge is -2.27. The Morgan fingerprint density at radius 2 is 1.86 bits per heavy atom. The first-order valence-electron chi connectivity index (χ1n) is 9.56. The Morgan fingerprint density at radius 3 is 2.64 bits per heavy atom. The van der Waals surface area contributed by atoms with Crippen LogP contribution in [-0.4, -0.2) is 29.3 Å². The number of benzene rings is 2. The Morgan fingerprint density at radius 1 is 1.14 bits per heavy atom. The van der Waals surface area contributed by atoms with E-state index in [-0.39, 0.29) is 18.5 Å². The molecule has 1 heterocycles. The van der Waals surface area contributed by atoms with Crippen LogP contribution in [0.25, 0.3) is 0 Å². The summed E-state index contributed by atoms with van der Waals surface area (Å²) >= 11 is 0. The van der Waals surface area contributed by atoms with Crippen LogP contribution >= 0.6 is 0 Å². The van der Waals surface area contributed by atoms with Crippen molar-refractivity contribution in [2.45, 2.75) is 37.8 Å². The number of carbonyl (C=O) groups excluding carboxylic acids is 3. The summed E-state index contributed by atoms with van der Waals surface area (Å²) in [6.45, 7) is 1.38.